The van der Waals surface area contributed by atoms with Gasteiger partial charge in [0.15, 0.2) is 0 Å². The molecule has 1 aromatic carbocycles. The van der Waals surface area contributed by atoms with E-state index in [1.54, 1.807) is 13.2 Å². The lowest BCUT2D eigenvalue weighted by Crippen LogP contribution is -1.95. The lowest BCUT2D eigenvalue weighted by molar-refractivity contribution is 0.412. The van der Waals surface area contributed by atoms with Crippen molar-refractivity contribution in [2.24, 2.45) is 0 Å². The van der Waals surface area contributed by atoms with Crippen LogP contribution in [0, 0.1) is 5.82 Å². The standard InChI is InChI=1S/C14H16ClFO/c1-17-14-7-6-12(16)9-13(14)10-4-2-3-5-11(15)8-10/h6-9,11H,2-5H2,1H3. The number of hydrogen-bond donors (Lipinski definition) is 0. The number of halogens is 2. The molecule has 1 unspecified atom stereocenters. The quantitative estimate of drug-likeness (QED) is 0.711. The molecule has 0 aliphatic heterocycles. The van der Waals surface area contributed by atoms with E-state index in [0.29, 0.717) is 5.75 Å². The van der Waals surface area contributed by atoms with E-state index in [1.165, 1.54) is 12.1 Å². The SMILES string of the molecule is COc1ccc(F)cc1C1=CC(Cl)CCCC1. The largest absolute Gasteiger partial charge is 0.496 e. The van der Waals surface area contributed by atoms with Crippen molar-refractivity contribution in [3.05, 3.63) is 35.7 Å². The lowest BCUT2D eigenvalue weighted by atomic mass is 10.00. The Morgan fingerprint density at radius 3 is 2.94 bits per heavy atom. The summed E-state index contributed by atoms with van der Waals surface area (Å²) in [7, 11) is 1.60. The van der Waals surface area contributed by atoms with Crippen molar-refractivity contribution in [2.75, 3.05) is 7.11 Å². The van der Waals surface area contributed by atoms with E-state index >= 15 is 0 Å². The van der Waals surface area contributed by atoms with Gasteiger partial charge in [-0.05, 0) is 43.0 Å². The summed E-state index contributed by atoms with van der Waals surface area (Å²) in [6.07, 6.45) is 6.16. The average molecular weight is 255 g/mol. The van der Waals surface area contributed by atoms with Crippen molar-refractivity contribution in [1.29, 1.82) is 0 Å². The number of hydrogen-bond acceptors (Lipinski definition) is 1. The van der Waals surface area contributed by atoms with Crippen LogP contribution in [0.25, 0.3) is 5.57 Å². The van der Waals surface area contributed by atoms with E-state index in [1.807, 2.05) is 6.08 Å². The molecule has 1 aromatic rings. The van der Waals surface area contributed by atoms with Crippen molar-refractivity contribution in [3.63, 3.8) is 0 Å². The normalized spacial score (nSPS) is 20.6. The Bertz CT molecular complexity index is 428. The van der Waals surface area contributed by atoms with E-state index < -0.39 is 0 Å². The van der Waals surface area contributed by atoms with E-state index in [0.717, 1.165) is 36.8 Å². The first-order valence-electron chi connectivity index (χ1n) is 5.89. The minimum absolute atomic E-state index is 0.0421. The number of methoxy groups -OCH3 is 1. The van der Waals surface area contributed by atoms with Crippen molar-refractivity contribution >= 4 is 17.2 Å². The number of allylic oxidation sites excluding steroid dienone is 2. The molecule has 0 heterocycles. The Labute approximate surface area is 106 Å². The van der Waals surface area contributed by atoms with Crippen LogP contribution >= 0.6 is 11.6 Å². The molecule has 17 heavy (non-hydrogen) atoms. The maximum absolute atomic E-state index is 13.3. The Morgan fingerprint density at radius 2 is 2.18 bits per heavy atom. The minimum atomic E-state index is -0.239. The number of benzene rings is 1. The maximum atomic E-state index is 13.3. The fourth-order valence-corrected chi connectivity index (χ4v) is 2.50. The average Bonchev–Trinajstić information content (AvgIpc) is 2.54. The third kappa shape index (κ3) is 3.01. The van der Waals surface area contributed by atoms with Gasteiger partial charge in [0.05, 0.1) is 12.5 Å². The molecule has 1 atom stereocenters. The highest BCUT2D eigenvalue weighted by Gasteiger charge is 2.15. The summed E-state index contributed by atoms with van der Waals surface area (Å²) in [6, 6.07) is 4.61. The van der Waals surface area contributed by atoms with Gasteiger partial charge in [-0.25, -0.2) is 4.39 Å². The van der Waals surface area contributed by atoms with Crippen LogP contribution in [0.2, 0.25) is 0 Å². The molecule has 92 valence electrons. The van der Waals surface area contributed by atoms with E-state index in [-0.39, 0.29) is 11.2 Å². The van der Waals surface area contributed by atoms with Crippen molar-refractivity contribution in [2.45, 2.75) is 31.1 Å². The van der Waals surface area contributed by atoms with Gasteiger partial charge in [0.25, 0.3) is 0 Å². The van der Waals surface area contributed by atoms with Crippen molar-refractivity contribution in [3.8, 4) is 5.75 Å². The fraction of sp³-hybridized carbons (Fsp3) is 0.429. The molecule has 0 fully saturated rings. The van der Waals surface area contributed by atoms with Crippen LogP contribution in [0.15, 0.2) is 24.3 Å². The zero-order valence-electron chi connectivity index (χ0n) is 9.88. The zero-order valence-corrected chi connectivity index (χ0v) is 10.6. The van der Waals surface area contributed by atoms with Crippen LogP contribution in [0.3, 0.4) is 0 Å². The fourth-order valence-electron chi connectivity index (χ4n) is 2.20. The second kappa shape index (κ2) is 5.54. The molecule has 0 N–H and O–H groups in total. The van der Waals surface area contributed by atoms with Gasteiger partial charge in [-0.3, -0.25) is 0 Å². The van der Waals surface area contributed by atoms with Gasteiger partial charge < -0.3 is 4.74 Å². The van der Waals surface area contributed by atoms with Gasteiger partial charge in [-0.15, -0.1) is 11.6 Å². The van der Waals surface area contributed by atoms with Crippen LogP contribution in [0.5, 0.6) is 5.75 Å². The van der Waals surface area contributed by atoms with E-state index in [9.17, 15) is 4.39 Å². The summed E-state index contributed by atoms with van der Waals surface area (Å²) < 4.78 is 18.6. The molecule has 2 rings (SSSR count). The summed E-state index contributed by atoms with van der Waals surface area (Å²) >= 11 is 6.19. The number of rotatable bonds is 2. The van der Waals surface area contributed by atoms with Crippen molar-refractivity contribution < 1.29 is 9.13 Å². The van der Waals surface area contributed by atoms with Crippen LogP contribution < -0.4 is 4.74 Å². The summed E-state index contributed by atoms with van der Waals surface area (Å²) in [5, 5.41) is 0.0421. The summed E-state index contributed by atoms with van der Waals surface area (Å²) in [5.74, 6) is 0.473. The molecule has 1 aliphatic carbocycles. The third-order valence-corrected chi connectivity index (χ3v) is 3.41. The van der Waals surface area contributed by atoms with Crippen LogP contribution in [-0.4, -0.2) is 12.5 Å². The molecule has 1 nitrogen and oxygen atoms in total. The first-order chi connectivity index (χ1) is 8.20. The lowest BCUT2D eigenvalue weighted by Gasteiger charge is -2.11. The molecule has 0 saturated carbocycles. The van der Waals surface area contributed by atoms with Crippen LogP contribution in [0.1, 0.15) is 31.2 Å². The third-order valence-electron chi connectivity index (χ3n) is 3.07. The van der Waals surface area contributed by atoms with E-state index in [4.69, 9.17) is 16.3 Å². The summed E-state index contributed by atoms with van der Waals surface area (Å²) in [5.41, 5.74) is 1.93. The highest BCUT2D eigenvalue weighted by Crippen LogP contribution is 2.33. The highest BCUT2D eigenvalue weighted by atomic mass is 35.5. The Morgan fingerprint density at radius 1 is 1.35 bits per heavy atom. The Balaban J connectivity index is 2.40. The van der Waals surface area contributed by atoms with Crippen molar-refractivity contribution in [1.82, 2.24) is 0 Å². The van der Waals surface area contributed by atoms with E-state index in [2.05, 4.69) is 0 Å². The maximum Gasteiger partial charge on any atom is 0.126 e. The molecule has 3 heteroatoms. The minimum Gasteiger partial charge on any atom is -0.496 e. The zero-order chi connectivity index (χ0) is 12.3. The monoisotopic (exact) mass is 254 g/mol. The van der Waals surface area contributed by atoms with Crippen LogP contribution in [0.4, 0.5) is 4.39 Å². The first-order valence-corrected chi connectivity index (χ1v) is 6.33. The smallest absolute Gasteiger partial charge is 0.126 e. The molecule has 0 spiro atoms. The summed E-state index contributed by atoms with van der Waals surface area (Å²) in [6.45, 7) is 0. The van der Waals surface area contributed by atoms with Gasteiger partial charge in [0.1, 0.15) is 11.6 Å². The Hall–Kier alpha value is -1.02. The van der Waals surface area contributed by atoms with Crippen LogP contribution in [-0.2, 0) is 0 Å². The topological polar surface area (TPSA) is 9.23 Å². The van der Waals surface area contributed by atoms with Gasteiger partial charge in [0.2, 0.25) is 0 Å². The molecule has 0 bridgehead atoms. The Kier molecular flexibility index (Phi) is 4.06. The molecule has 0 saturated heterocycles. The number of ether oxygens (including phenoxy) is 1. The van der Waals surface area contributed by atoms with Gasteiger partial charge in [0, 0.05) is 5.56 Å². The van der Waals surface area contributed by atoms with Gasteiger partial charge in [-0.1, -0.05) is 12.5 Å². The second-order valence-corrected chi connectivity index (χ2v) is 4.86. The molecule has 0 radical (unpaired) electrons. The number of alkyl halides is 1. The van der Waals surface area contributed by atoms with Gasteiger partial charge in [-0.2, -0.15) is 0 Å². The summed E-state index contributed by atoms with van der Waals surface area (Å²) in [4.78, 5) is 0. The highest BCUT2D eigenvalue weighted by molar-refractivity contribution is 6.22. The molecular formula is C14H16ClFO. The van der Waals surface area contributed by atoms with Gasteiger partial charge >= 0.3 is 0 Å². The molecule has 1 aliphatic rings. The predicted molar refractivity (Wildman–Crippen MR) is 69.0 cm³/mol. The molecular weight excluding hydrogens is 239 g/mol. The second-order valence-electron chi connectivity index (χ2n) is 4.30. The molecule has 0 aromatic heterocycles. The molecule has 0 amide bonds. The predicted octanol–water partition coefficient (Wildman–Crippen LogP) is 4.40. The first kappa shape index (κ1) is 12.4.